The van der Waals surface area contributed by atoms with Gasteiger partial charge in [0.25, 0.3) is 5.91 Å². The number of ether oxygens (including phenoxy) is 1. The highest BCUT2D eigenvalue weighted by Crippen LogP contribution is 2.35. The van der Waals surface area contributed by atoms with E-state index < -0.39 is 0 Å². The summed E-state index contributed by atoms with van der Waals surface area (Å²) in [7, 11) is 0. The van der Waals surface area contributed by atoms with Crippen molar-refractivity contribution in [3.8, 4) is 11.8 Å². The number of carbonyl (C=O) groups is 1. The van der Waals surface area contributed by atoms with Gasteiger partial charge in [-0.2, -0.15) is 5.26 Å². The van der Waals surface area contributed by atoms with E-state index in [0.717, 1.165) is 29.7 Å². The fourth-order valence-corrected chi connectivity index (χ4v) is 3.14. The number of fused-ring (bicyclic) bond motifs is 1. The maximum absolute atomic E-state index is 12.7. The van der Waals surface area contributed by atoms with Gasteiger partial charge in [0.15, 0.2) is 0 Å². The first-order valence-electron chi connectivity index (χ1n) is 8.20. The molecule has 24 heavy (non-hydrogen) atoms. The molecule has 122 valence electrons. The number of aryl methyl sites for hydroxylation is 2. The van der Waals surface area contributed by atoms with Crippen molar-refractivity contribution in [2.24, 2.45) is 0 Å². The number of rotatable bonds is 3. The van der Waals surface area contributed by atoms with Crippen LogP contribution in [0, 0.1) is 18.3 Å². The molecule has 0 aliphatic carbocycles. The Bertz CT molecular complexity index is 821. The van der Waals surface area contributed by atoms with Crippen LogP contribution in [0.1, 0.15) is 52.0 Å². The SMILES string of the molecule is CCc1cccc2c1OCCC2NC(=O)c1ccc(C#N)cc1C. The lowest BCUT2D eigenvalue weighted by molar-refractivity contribution is 0.0924. The molecule has 1 aliphatic rings. The fourth-order valence-electron chi connectivity index (χ4n) is 3.14. The Labute approximate surface area is 142 Å². The number of nitrogens with one attached hydrogen (secondary N) is 1. The molecule has 3 rings (SSSR count). The van der Waals surface area contributed by atoms with Crippen LogP contribution in [0.2, 0.25) is 0 Å². The van der Waals surface area contributed by atoms with Crippen molar-refractivity contribution in [1.29, 1.82) is 5.26 Å². The number of nitriles is 1. The second-order valence-electron chi connectivity index (χ2n) is 5.99. The van der Waals surface area contributed by atoms with E-state index in [1.807, 2.05) is 19.1 Å². The monoisotopic (exact) mass is 320 g/mol. The number of amides is 1. The molecule has 4 nitrogen and oxygen atoms in total. The molecule has 0 bridgehead atoms. The Kier molecular flexibility index (Phi) is 4.52. The fraction of sp³-hybridized carbons (Fsp3) is 0.300. The quantitative estimate of drug-likeness (QED) is 0.938. The highest BCUT2D eigenvalue weighted by Gasteiger charge is 2.25. The van der Waals surface area contributed by atoms with Gasteiger partial charge in [0.1, 0.15) is 5.75 Å². The van der Waals surface area contributed by atoms with Crippen molar-refractivity contribution in [3.63, 3.8) is 0 Å². The molecule has 1 unspecified atom stereocenters. The number of carbonyl (C=O) groups excluding carboxylic acids is 1. The lowest BCUT2D eigenvalue weighted by atomic mass is 9.96. The second kappa shape index (κ2) is 6.76. The average molecular weight is 320 g/mol. The number of hydrogen-bond donors (Lipinski definition) is 1. The normalized spacial score (nSPS) is 15.8. The Balaban J connectivity index is 1.86. The summed E-state index contributed by atoms with van der Waals surface area (Å²) in [5.41, 5.74) is 4.18. The van der Waals surface area contributed by atoms with Gasteiger partial charge in [0.2, 0.25) is 0 Å². The summed E-state index contributed by atoms with van der Waals surface area (Å²) < 4.78 is 5.83. The molecule has 0 aromatic heterocycles. The van der Waals surface area contributed by atoms with Crippen LogP contribution in [0.4, 0.5) is 0 Å². The Morgan fingerprint density at radius 3 is 2.92 bits per heavy atom. The zero-order valence-corrected chi connectivity index (χ0v) is 13.9. The van der Waals surface area contributed by atoms with Gasteiger partial charge in [-0.15, -0.1) is 0 Å². The third-order valence-corrected chi connectivity index (χ3v) is 4.44. The molecule has 0 saturated heterocycles. The molecule has 1 N–H and O–H groups in total. The highest BCUT2D eigenvalue weighted by molar-refractivity contribution is 5.96. The van der Waals surface area contributed by atoms with E-state index >= 15 is 0 Å². The van der Waals surface area contributed by atoms with Crippen molar-refractivity contribution in [2.75, 3.05) is 6.61 Å². The zero-order valence-electron chi connectivity index (χ0n) is 13.9. The molecule has 0 fully saturated rings. The molecule has 0 radical (unpaired) electrons. The maximum atomic E-state index is 12.7. The van der Waals surface area contributed by atoms with Crippen molar-refractivity contribution in [2.45, 2.75) is 32.7 Å². The Morgan fingerprint density at radius 1 is 1.38 bits per heavy atom. The van der Waals surface area contributed by atoms with E-state index in [2.05, 4.69) is 24.4 Å². The van der Waals surface area contributed by atoms with Gasteiger partial charge in [0, 0.05) is 17.5 Å². The zero-order chi connectivity index (χ0) is 17.1. The van der Waals surface area contributed by atoms with Crippen LogP contribution in [0.15, 0.2) is 36.4 Å². The number of hydrogen-bond acceptors (Lipinski definition) is 3. The molecule has 1 aliphatic heterocycles. The van der Waals surface area contributed by atoms with Crippen molar-refractivity contribution >= 4 is 5.91 Å². The molecule has 1 amide bonds. The van der Waals surface area contributed by atoms with E-state index in [-0.39, 0.29) is 11.9 Å². The van der Waals surface area contributed by atoms with E-state index in [9.17, 15) is 4.79 Å². The van der Waals surface area contributed by atoms with Crippen LogP contribution in [-0.2, 0) is 6.42 Å². The summed E-state index contributed by atoms with van der Waals surface area (Å²) in [6, 6.07) is 13.3. The molecule has 1 atom stereocenters. The van der Waals surface area contributed by atoms with Crippen LogP contribution >= 0.6 is 0 Å². The van der Waals surface area contributed by atoms with Crippen LogP contribution in [0.5, 0.6) is 5.75 Å². The topological polar surface area (TPSA) is 62.1 Å². The predicted octanol–water partition coefficient (Wildman–Crippen LogP) is 3.68. The van der Waals surface area contributed by atoms with E-state index in [4.69, 9.17) is 10.00 Å². The molecule has 2 aromatic rings. The summed E-state index contributed by atoms with van der Waals surface area (Å²) in [6.07, 6.45) is 1.65. The minimum atomic E-state index is -0.114. The standard InChI is InChI=1S/C20H20N2O2/c1-3-15-5-4-6-17-18(9-10-24-19(15)17)22-20(23)16-8-7-14(12-21)11-13(16)2/h4-8,11,18H,3,9-10H2,1-2H3,(H,22,23). The molecule has 1 heterocycles. The van der Waals surface area contributed by atoms with Crippen molar-refractivity contribution < 1.29 is 9.53 Å². The highest BCUT2D eigenvalue weighted by atomic mass is 16.5. The third-order valence-electron chi connectivity index (χ3n) is 4.44. The largest absolute Gasteiger partial charge is 0.493 e. The first kappa shape index (κ1) is 16.1. The van der Waals surface area contributed by atoms with Crippen LogP contribution in [0.25, 0.3) is 0 Å². The van der Waals surface area contributed by atoms with E-state index in [0.29, 0.717) is 17.7 Å². The minimum absolute atomic E-state index is 0.0530. The van der Waals surface area contributed by atoms with Crippen LogP contribution < -0.4 is 10.1 Å². The molecule has 2 aromatic carbocycles. The van der Waals surface area contributed by atoms with Crippen LogP contribution in [-0.4, -0.2) is 12.5 Å². The smallest absolute Gasteiger partial charge is 0.252 e. The number of para-hydroxylation sites is 1. The molecular weight excluding hydrogens is 300 g/mol. The van der Waals surface area contributed by atoms with Gasteiger partial charge in [-0.1, -0.05) is 25.1 Å². The molecular formula is C20H20N2O2. The van der Waals surface area contributed by atoms with Crippen LogP contribution in [0.3, 0.4) is 0 Å². The molecule has 4 heteroatoms. The van der Waals surface area contributed by atoms with Crippen molar-refractivity contribution in [1.82, 2.24) is 5.32 Å². The summed E-state index contributed by atoms with van der Waals surface area (Å²) >= 11 is 0. The molecule has 0 spiro atoms. The van der Waals surface area contributed by atoms with Gasteiger partial charge >= 0.3 is 0 Å². The van der Waals surface area contributed by atoms with E-state index in [1.54, 1.807) is 18.2 Å². The van der Waals surface area contributed by atoms with Gasteiger partial charge in [-0.05, 0) is 42.7 Å². The van der Waals surface area contributed by atoms with Gasteiger partial charge in [-0.25, -0.2) is 0 Å². The summed E-state index contributed by atoms with van der Waals surface area (Å²) in [6.45, 7) is 4.55. The predicted molar refractivity (Wildman–Crippen MR) is 92.0 cm³/mol. The lowest BCUT2D eigenvalue weighted by Gasteiger charge is -2.28. The van der Waals surface area contributed by atoms with Gasteiger partial charge in [-0.3, -0.25) is 4.79 Å². The lowest BCUT2D eigenvalue weighted by Crippen LogP contribution is -2.32. The van der Waals surface area contributed by atoms with E-state index in [1.165, 1.54) is 5.56 Å². The second-order valence-corrected chi connectivity index (χ2v) is 5.99. The summed E-state index contributed by atoms with van der Waals surface area (Å²) in [5.74, 6) is 0.796. The third kappa shape index (κ3) is 2.98. The first-order valence-corrected chi connectivity index (χ1v) is 8.20. The average Bonchev–Trinajstić information content (AvgIpc) is 2.61. The first-order chi connectivity index (χ1) is 11.6. The summed E-state index contributed by atoms with van der Waals surface area (Å²) in [4.78, 5) is 12.7. The maximum Gasteiger partial charge on any atom is 0.252 e. The number of nitrogens with zero attached hydrogens (tertiary/aromatic N) is 1. The number of benzene rings is 2. The van der Waals surface area contributed by atoms with Gasteiger partial charge in [0.05, 0.1) is 24.3 Å². The Morgan fingerprint density at radius 2 is 2.21 bits per heavy atom. The minimum Gasteiger partial charge on any atom is -0.493 e. The van der Waals surface area contributed by atoms with Crippen molar-refractivity contribution in [3.05, 3.63) is 64.2 Å². The Hall–Kier alpha value is -2.80. The van der Waals surface area contributed by atoms with Gasteiger partial charge < -0.3 is 10.1 Å². The molecule has 0 saturated carbocycles. The summed E-state index contributed by atoms with van der Waals surface area (Å²) in [5, 5.41) is 12.1.